The summed E-state index contributed by atoms with van der Waals surface area (Å²) in [5.74, 6) is 1.07. The summed E-state index contributed by atoms with van der Waals surface area (Å²) in [6.45, 7) is 0.968. The molecule has 3 rings (SSSR count). The molecule has 0 amide bonds. The maximum absolute atomic E-state index is 12.5. The first-order chi connectivity index (χ1) is 10.1. The van der Waals surface area contributed by atoms with Crippen LogP contribution in [0.5, 0.6) is 0 Å². The SMILES string of the molecule is Nc1ccc(S(=O)(=O)N2CCC(c3nnc[nH]3)CC2)cc1. The molecule has 3 N–H and O–H groups in total. The fourth-order valence-corrected chi connectivity index (χ4v) is 4.04. The van der Waals surface area contributed by atoms with Crippen molar-refractivity contribution in [3.8, 4) is 0 Å². The summed E-state index contributed by atoms with van der Waals surface area (Å²) in [6.07, 6.45) is 3.03. The van der Waals surface area contributed by atoms with Crippen molar-refractivity contribution in [1.82, 2.24) is 19.5 Å². The number of hydrogen-bond acceptors (Lipinski definition) is 5. The van der Waals surface area contributed by atoms with Crippen LogP contribution >= 0.6 is 0 Å². The molecule has 1 fully saturated rings. The van der Waals surface area contributed by atoms with Crippen LogP contribution in [-0.2, 0) is 10.0 Å². The average molecular weight is 307 g/mol. The van der Waals surface area contributed by atoms with Crippen molar-refractivity contribution in [2.45, 2.75) is 23.7 Å². The number of benzene rings is 1. The Hall–Kier alpha value is -1.93. The molecule has 1 saturated heterocycles. The molecule has 0 spiro atoms. The molecule has 8 heteroatoms. The van der Waals surface area contributed by atoms with Crippen LogP contribution < -0.4 is 5.73 Å². The predicted molar refractivity (Wildman–Crippen MR) is 78.0 cm³/mol. The smallest absolute Gasteiger partial charge is 0.243 e. The summed E-state index contributed by atoms with van der Waals surface area (Å²) < 4.78 is 26.6. The van der Waals surface area contributed by atoms with Gasteiger partial charge < -0.3 is 10.7 Å². The topological polar surface area (TPSA) is 105 Å². The lowest BCUT2D eigenvalue weighted by Crippen LogP contribution is -2.38. The van der Waals surface area contributed by atoms with E-state index in [-0.39, 0.29) is 10.8 Å². The van der Waals surface area contributed by atoms with E-state index in [1.54, 1.807) is 30.6 Å². The van der Waals surface area contributed by atoms with Crippen LogP contribution in [0, 0.1) is 0 Å². The Morgan fingerprint density at radius 2 is 1.86 bits per heavy atom. The monoisotopic (exact) mass is 307 g/mol. The fraction of sp³-hybridized carbons (Fsp3) is 0.385. The van der Waals surface area contributed by atoms with Crippen LogP contribution in [0.15, 0.2) is 35.5 Å². The third kappa shape index (κ3) is 2.77. The lowest BCUT2D eigenvalue weighted by Gasteiger charge is -2.30. The number of aromatic nitrogens is 3. The second kappa shape index (κ2) is 5.45. The molecule has 0 unspecified atom stereocenters. The van der Waals surface area contributed by atoms with Crippen molar-refractivity contribution in [3.63, 3.8) is 0 Å². The van der Waals surface area contributed by atoms with Gasteiger partial charge in [0, 0.05) is 24.7 Å². The standard InChI is InChI=1S/C13H17N5O2S/c14-11-1-3-12(4-2-11)21(19,20)18-7-5-10(6-8-18)13-15-9-16-17-13/h1-4,9-10H,5-8,14H2,(H,15,16,17). The summed E-state index contributed by atoms with van der Waals surface area (Å²) in [5.41, 5.74) is 6.15. The molecule has 2 heterocycles. The molecule has 21 heavy (non-hydrogen) atoms. The van der Waals surface area contributed by atoms with Crippen molar-refractivity contribution in [2.75, 3.05) is 18.8 Å². The van der Waals surface area contributed by atoms with Gasteiger partial charge in [0.15, 0.2) is 0 Å². The summed E-state index contributed by atoms with van der Waals surface area (Å²) in [6, 6.07) is 6.31. The molecule has 1 aliphatic heterocycles. The molecule has 1 aliphatic rings. The van der Waals surface area contributed by atoms with E-state index in [9.17, 15) is 8.42 Å². The minimum atomic E-state index is -3.44. The Balaban J connectivity index is 1.72. The van der Waals surface area contributed by atoms with Gasteiger partial charge in [-0.05, 0) is 37.1 Å². The molecular formula is C13H17N5O2S. The average Bonchev–Trinajstić information content (AvgIpc) is 3.02. The van der Waals surface area contributed by atoms with E-state index >= 15 is 0 Å². The first-order valence-corrected chi connectivity index (χ1v) is 8.23. The number of H-pyrrole nitrogens is 1. The van der Waals surface area contributed by atoms with Crippen LogP contribution in [0.1, 0.15) is 24.6 Å². The molecule has 0 aliphatic carbocycles. The van der Waals surface area contributed by atoms with E-state index in [4.69, 9.17) is 5.73 Å². The van der Waals surface area contributed by atoms with E-state index in [0.29, 0.717) is 18.8 Å². The number of nitrogens with one attached hydrogen (secondary N) is 1. The van der Waals surface area contributed by atoms with Crippen LogP contribution in [0.2, 0.25) is 0 Å². The number of anilines is 1. The zero-order chi connectivity index (χ0) is 14.9. The van der Waals surface area contributed by atoms with Crippen molar-refractivity contribution < 1.29 is 8.42 Å². The van der Waals surface area contributed by atoms with Gasteiger partial charge in [-0.25, -0.2) is 8.42 Å². The lowest BCUT2D eigenvalue weighted by atomic mass is 9.98. The van der Waals surface area contributed by atoms with Gasteiger partial charge in [-0.3, -0.25) is 0 Å². The quantitative estimate of drug-likeness (QED) is 0.822. The lowest BCUT2D eigenvalue weighted by molar-refractivity contribution is 0.314. The summed E-state index contributed by atoms with van der Waals surface area (Å²) in [7, 11) is -3.44. The van der Waals surface area contributed by atoms with Gasteiger partial charge in [0.2, 0.25) is 10.0 Å². The minimum absolute atomic E-state index is 0.241. The number of nitrogens with two attached hydrogens (primary N) is 1. The van der Waals surface area contributed by atoms with E-state index < -0.39 is 10.0 Å². The second-order valence-electron chi connectivity index (χ2n) is 5.12. The molecule has 1 aromatic carbocycles. The van der Waals surface area contributed by atoms with Crippen LogP contribution in [0.25, 0.3) is 0 Å². The molecule has 2 aromatic rings. The normalized spacial score (nSPS) is 17.9. The van der Waals surface area contributed by atoms with Gasteiger partial charge in [0.1, 0.15) is 12.2 Å². The zero-order valence-corrected chi connectivity index (χ0v) is 12.3. The molecule has 0 bridgehead atoms. The van der Waals surface area contributed by atoms with Gasteiger partial charge in [-0.1, -0.05) is 0 Å². The Kier molecular flexibility index (Phi) is 3.64. The van der Waals surface area contributed by atoms with E-state index in [1.807, 2.05) is 0 Å². The van der Waals surface area contributed by atoms with Gasteiger partial charge >= 0.3 is 0 Å². The van der Waals surface area contributed by atoms with E-state index in [1.165, 1.54) is 4.31 Å². The van der Waals surface area contributed by atoms with Gasteiger partial charge in [0.25, 0.3) is 0 Å². The number of rotatable bonds is 3. The summed E-state index contributed by atoms with van der Waals surface area (Å²) in [4.78, 5) is 3.28. The first-order valence-electron chi connectivity index (χ1n) is 6.79. The van der Waals surface area contributed by atoms with E-state index in [2.05, 4.69) is 15.2 Å². The van der Waals surface area contributed by atoms with Gasteiger partial charge in [-0.15, -0.1) is 10.2 Å². The second-order valence-corrected chi connectivity index (χ2v) is 7.06. The third-order valence-corrected chi connectivity index (χ3v) is 5.71. The third-order valence-electron chi connectivity index (χ3n) is 3.79. The van der Waals surface area contributed by atoms with Crippen molar-refractivity contribution >= 4 is 15.7 Å². The summed E-state index contributed by atoms with van der Waals surface area (Å²) >= 11 is 0. The molecule has 112 valence electrons. The predicted octanol–water partition coefficient (Wildman–Crippen LogP) is 0.955. The molecular weight excluding hydrogens is 290 g/mol. The highest BCUT2D eigenvalue weighted by Crippen LogP contribution is 2.28. The number of aromatic amines is 1. The Bertz CT molecular complexity index is 689. The van der Waals surface area contributed by atoms with Crippen LogP contribution in [0.4, 0.5) is 5.69 Å². The molecule has 7 nitrogen and oxygen atoms in total. The number of sulfonamides is 1. The Morgan fingerprint density at radius 1 is 1.19 bits per heavy atom. The maximum atomic E-state index is 12.5. The molecule has 0 saturated carbocycles. The van der Waals surface area contributed by atoms with Crippen LogP contribution in [0.3, 0.4) is 0 Å². The van der Waals surface area contributed by atoms with Crippen molar-refractivity contribution in [2.24, 2.45) is 0 Å². The fourth-order valence-electron chi connectivity index (χ4n) is 2.57. The number of hydrogen-bond donors (Lipinski definition) is 2. The van der Waals surface area contributed by atoms with Crippen molar-refractivity contribution in [3.05, 3.63) is 36.4 Å². The largest absolute Gasteiger partial charge is 0.399 e. The first kappa shape index (κ1) is 14.0. The number of piperidine rings is 1. The molecule has 0 atom stereocenters. The van der Waals surface area contributed by atoms with Gasteiger partial charge in [0.05, 0.1) is 4.90 Å². The highest BCUT2D eigenvalue weighted by molar-refractivity contribution is 7.89. The number of nitrogen functional groups attached to an aromatic ring is 1. The zero-order valence-electron chi connectivity index (χ0n) is 11.4. The maximum Gasteiger partial charge on any atom is 0.243 e. The minimum Gasteiger partial charge on any atom is -0.399 e. The molecule has 0 radical (unpaired) electrons. The van der Waals surface area contributed by atoms with Crippen molar-refractivity contribution in [1.29, 1.82) is 0 Å². The van der Waals surface area contributed by atoms with E-state index in [0.717, 1.165) is 18.7 Å². The van der Waals surface area contributed by atoms with Crippen LogP contribution in [-0.4, -0.2) is 41.0 Å². The highest BCUT2D eigenvalue weighted by Gasteiger charge is 2.30. The Morgan fingerprint density at radius 3 is 2.43 bits per heavy atom. The van der Waals surface area contributed by atoms with Gasteiger partial charge in [-0.2, -0.15) is 4.31 Å². The Labute approximate surface area is 123 Å². The molecule has 1 aromatic heterocycles. The highest BCUT2D eigenvalue weighted by atomic mass is 32.2. The number of nitrogens with zero attached hydrogens (tertiary/aromatic N) is 3. The summed E-state index contributed by atoms with van der Waals surface area (Å²) in [5, 5.41) is 7.78.